The molecule has 0 fully saturated rings. The summed E-state index contributed by atoms with van der Waals surface area (Å²) in [4.78, 5) is 24.7. The van der Waals surface area contributed by atoms with Gasteiger partial charge in [0.15, 0.2) is 0 Å². The van der Waals surface area contributed by atoms with Crippen LogP contribution in [0.3, 0.4) is 0 Å². The van der Waals surface area contributed by atoms with Gasteiger partial charge in [-0.25, -0.2) is 9.18 Å². The molecule has 0 aromatic heterocycles. The summed E-state index contributed by atoms with van der Waals surface area (Å²) in [5, 5.41) is 2.44. The largest absolute Gasteiger partial charge is 0.464 e. The van der Waals surface area contributed by atoms with E-state index >= 15 is 0 Å². The quantitative estimate of drug-likeness (QED) is 0.220. The molecule has 0 aliphatic heterocycles. The molecular weight excluding hydrogens is 414 g/mol. The highest BCUT2D eigenvalue weighted by atomic mass is 19.4. The third-order valence-corrected chi connectivity index (χ3v) is 4.99. The lowest BCUT2D eigenvalue weighted by Crippen LogP contribution is -2.45. The van der Waals surface area contributed by atoms with Crippen LogP contribution in [0.2, 0.25) is 0 Å². The van der Waals surface area contributed by atoms with Crippen LogP contribution in [0.25, 0.3) is 0 Å². The summed E-state index contributed by atoms with van der Waals surface area (Å²) in [7, 11) is 0. The molecule has 1 unspecified atom stereocenters. The zero-order valence-electron chi connectivity index (χ0n) is 18.5. The van der Waals surface area contributed by atoms with Gasteiger partial charge in [-0.15, -0.1) is 0 Å². The monoisotopic (exact) mass is 447 g/mol. The summed E-state index contributed by atoms with van der Waals surface area (Å²) in [6, 6.07) is 0.924. The molecule has 1 aromatic rings. The maximum Gasteiger partial charge on any atom is 0.419 e. The molecule has 1 amide bonds. The summed E-state index contributed by atoms with van der Waals surface area (Å²) in [6.07, 6.45) is 3.96. The van der Waals surface area contributed by atoms with Crippen LogP contribution in [0, 0.1) is 11.7 Å². The molecule has 176 valence electrons. The van der Waals surface area contributed by atoms with Gasteiger partial charge in [-0.1, -0.05) is 65.7 Å². The zero-order chi connectivity index (χ0) is 23.4. The molecule has 8 heteroatoms. The third-order valence-electron chi connectivity index (χ3n) is 4.99. The summed E-state index contributed by atoms with van der Waals surface area (Å²) >= 11 is 0. The summed E-state index contributed by atoms with van der Waals surface area (Å²) in [5.41, 5.74) is -1.75. The number of unbranched alkanes of at least 4 members (excludes halogenated alkanes) is 7. The fourth-order valence-electron chi connectivity index (χ4n) is 3.11. The summed E-state index contributed by atoms with van der Waals surface area (Å²) in [5.74, 6) is -3.30. The van der Waals surface area contributed by atoms with Crippen LogP contribution in [0.5, 0.6) is 0 Å². The van der Waals surface area contributed by atoms with Gasteiger partial charge in [0.2, 0.25) is 0 Å². The average molecular weight is 448 g/mol. The number of ether oxygens (including phenoxy) is 1. The molecule has 1 atom stereocenters. The van der Waals surface area contributed by atoms with Gasteiger partial charge in [0.05, 0.1) is 12.2 Å². The van der Waals surface area contributed by atoms with Gasteiger partial charge in [0.1, 0.15) is 11.9 Å². The fourth-order valence-corrected chi connectivity index (χ4v) is 3.11. The van der Waals surface area contributed by atoms with E-state index in [0.717, 1.165) is 31.7 Å². The molecule has 0 aliphatic carbocycles. The normalized spacial score (nSPS) is 12.6. The number of carbonyl (C=O) groups is 2. The SMILES string of the molecule is CCCCCCCCCCOC(=O)C(NC(=O)c1ccc(C(F)(F)F)c(F)c1)C(C)C. The van der Waals surface area contributed by atoms with E-state index in [1.807, 2.05) is 0 Å². The number of nitrogens with one attached hydrogen (secondary N) is 1. The minimum Gasteiger partial charge on any atom is -0.464 e. The summed E-state index contributed by atoms with van der Waals surface area (Å²) < 4.78 is 57.0. The second kappa shape index (κ2) is 13.3. The van der Waals surface area contributed by atoms with Gasteiger partial charge >= 0.3 is 12.1 Å². The minimum atomic E-state index is -4.85. The second-order valence-corrected chi connectivity index (χ2v) is 8.03. The van der Waals surface area contributed by atoms with E-state index in [0.29, 0.717) is 12.1 Å². The Bertz CT molecular complexity index is 705. The van der Waals surface area contributed by atoms with Crippen LogP contribution < -0.4 is 5.32 Å². The average Bonchev–Trinajstić information content (AvgIpc) is 2.69. The van der Waals surface area contributed by atoms with Crippen LogP contribution in [-0.2, 0) is 15.7 Å². The van der Waals surface area contributed by atoms with E-state index < -0.39 is 35.5 Å². The topological polar surface area (TPSA) is 55.4 Å². The molecule has 0 bridgehead atoms. The highest BCUT2D eigenvalue weighted by molar-refractivity contribution is 5.96. The molecule has 0 saturated carbocycles. The molecule has 1 rings (SSSR count). The Balaban J connectivity index is 2.52. The van der Waals surface area contributed by atoms with E-state index in [1.165, 1.54) is 25.7 Å². The number of carbonyl (C=O) groups excluding carboxylic acids is 2. The minimum absolute atomic E-state index is 0.238. The standard InChI is InChI=1S/C23H33F4NO3/c1-4-5-6-7-8-9-10-11-14-31-22(30)20(16(2)3)28-21(29)17-12-13-18(19(24)15-17)23(25,26)27/h12-13,15-16,20H,4-11,14H2,1-3H3,(H,28,29). The molecule has 0 aliphatic rings. The first-order valence-corrected chi connectivity index (χ1v) is 10.9. The molecule has 0 saturated heterocycles. The molecule has 0 radical (unpaired) electrons. The van der Waals surface area contributed by atoms with Crippen LogP contribution in [0.1, 0.15) is 88.1 Å². The van der Waals surface area contributed by atoms with Gasteiger partial charge in [0.25, 0.3) is 5.91 Å². The van der Waals surface area contributed by atoms with Gasteiger partial charge in [-0.3, -0.25) is 4.79 Å². The maximum absolute atomic E-state index is 13.7. The highest BCUT2D eigenvalue weighted by Crippen LogP contribution is 2.31. The predicted octanol–water partition coefficient (Wildman–Crippen LogP) is 6.28. The molecule has 0 spiro atoms. The van der Waals surface area contributed by atoms with Crippen molar-refractivity contribution in [3.63, 3.8) is 0 Å². The van der Waals surface area contributed by atoms with Gasteiger partial charge in [-0.2, -0.15) is 13.2 Å². The van der Waals surface area contributed by atoms with Crippen molar-refractivity contribution in [1.82, 2.24) is 5.32 Å². The predicted molar refractivity (Wildman–Crippen MR) is 111 cm³/mol. The summed E-state index contributed by atoms with van der Waals surface area (Å²) in [6.45, 7) is 5.82. The van der Waals surface area contributed by atoms with E-state index in [1.54, 1.807) is 13.8 Å². The Hall–Kier alpha value is -2.12. The Labute approximate surface area is 181 Å². The van der Waals surface area contributed by atoms with E-state index in [2.05, 4.69) is 12.2 Å². The number of amides is 1. The van der Waals surface area contributed by atoms with Crippen molar-refractivity contribution in [3.8, 4) is 0 Å². The number of hydrogen-bond acceptors (Lipinski definition) is 3. The van der Waals surface area contributed by atoms with Gasteiger partial charge in [0, 0.05) is 5.56 Å². The van der Waals surface area contributed by atoms with E-state index in [-0.39, 0.29) is 18.1 Å². The van der Waals surface area contributed by atoms with Crippen LogP contribution >= 0.6 is 0 Å². The maximum atomic E-state index is 13.7. The Morgan fingerprint density at radius 3 is 2.10 bits per heavy atom. The lowest BCUT2D eigenvalue weighted by molar-refractivity contribution is -0.147. The molecular formula is C23H33F4NO3. The Kier molecular flexibility index (Phi) is 11.6. The molecule has 0 heterocycles. The lowest BCUT2D eigenvalue weighted by atomic mass is 10.0. The van der Waals surface area contributed by atoms with Crippen molar-refractivity contribution in [1.29, 1.82) is 0 Å². The molecule has 1 N–H and O–H groups in total. The van der Waals surface area contributed by atoms with Crippen LogP contribution in [0.4, 0.5) is 17.6 Å². The number of benzene rings is 1. The lowest BCUT2D eigenvalue weighted by Gasteiger charge is -2.21. The third kappa shape index (κ3) is 9.70. The first-order valence-electron chi connectivity index (χ1n) is 10.9. The Morgan fingerprint density at radius 2 is 1.58 bits per heavy atom. The zero-order valence-corrected chi connectivity index (χ0v) is 18.5. The smallest absolute Gasteiger partial charge is 0.419 e. The van der Waals surface area contributed by atoms with Crippen molar-refractivity contribution in [3.05, 3.63) is 35.1 Å². The van der Waals surface area contributed by atoms with Gasteiger partial charge in [-0.05, 0) is 30.5 Å². The number of halogens is 4. The Morgan fingerprint density at radius 1 is 1.00 bits per heavy atom. The highest BCUT2D eigenvalue weighted by Gasteiger charge is 2.34. The van der Waals surface area contributed by atoms with Gasteiger partial charge < -0.3 is 10.1 Å². The number of hydrogen-bond donors (Lipinski definition) is 1. The molecule has 31 heavy (non-hydrogen) atoms. The number of alkyl halides is 3. The van der Waals surface area contributed by atoms with Crippen LogP contribution in [-0.4, -0.2) is 24.5 Å². The van der Waals surface area contributed by atoms with E-state index in [9.17, 15) is 27.2 Å². The van der Waals surface area contributed by atoms with Crippen molar-refractivity contribution in [2.24, 2.45) is 5.92 Å². The first-order chi connectivity index (χ1) is 14.6. The van der Waals surface area contributed by atoms with Crippen molar-refractivity contribution < 1.29 is 31.9 Å². The van der Waals surface area contributed by atoms with Crippen molar-refractivity contribution in [2.75, 3.05) is 6.61 Å². The van der Waals surface area contributed by atoms with E-state index in [4.69, 9.17) is 4.74 Å². The number of esters is 1. The molecule has 1 aromatic carbocycles. The molecule has 4 nitrogen and oxygen atoms in total. The van der Waals surface area contributed by atoms with Crippen LogP contribution in [0.15, 0.2) is 18.2 Å². The fraction of sp³-hybridized carbons (Fsp3) is 0.652. The van der Waals surface area contributed by atoms with Crippen molar-refractivity contribution >= 4 is 11.9 Å². The van der Waals surface area contributed by atoms with Crippen molar-refractivity contribution in [2.45, 2.75) is 84.4 Å². The second-order valence-electron chi connectivity index (χ2n) is 8.03. The first kappa shape index (κ1) is 26.9. The number of rotatable bonds is 13.